The summed E-state index contributed by atoms with van der Waals surface area (Å²) >= 11 is 5.78. The molecule has 0 aliphatic carbocycles. The molecule has 0 fully saturated rings. The Morgan fingerprint density at radius 1 is 1.20 bits per heavy atom. The number of amides is 1. The Bertz CT molecular complexity index is 924. The van der Waals surface area contributed by atoms with Gasteiger partial charge in [0.05, 0.1) is 17.2 Å². The van der Waals surface area contributed by atoms with Crippen molar-refractivity contribution >= 4 is 34.6 Å². The van der Waals surface area contributed by atoms with E-state index in [-0.39, 0.29) is 33.4 Å². The first kappa shape index (κ1) is 23.2. The summed E-state index contributed by atoms with van der Waals surface area (Å²) < 4.78 is 46.9. The van der Waals surface area contributed by atoms with Gasteiger partial charge in [-0.3, -0.25) is 14.9 Å². The summed E-state index contributed by atoms with van der Waals surface area (Å²) in [4.78, 5) is 23.2. The second-order valence-electron chi connectivity index (χ2n) is 5.91. The maximum absolute atomic E-state index is 12.5. The lowest BCUT2D eigenvalue weighted by Crippen LogP contribution is -2.20. The van der Waals surface area contributed by atoms with Crippen molar-refractivity contribution in [2.24, 2.45) is 0 Å². The molecule has 0 aromatic heterocycles. The molecular weight excluding hydrogens is 431 g/mol. The highest BCUT2D eigenvalue weighted by Crippen LogP contribution is 2.31. The van der Waals surface area contributed by atoms with Gasteiger partial charge in [-0.25, -0.2) is 0 Å². The quantitative estimate of drug-likeness (QED) is 0.333. The monoisotopic (exact) mass is 447 g/mol. The molecule has 0 radical (unpaired) electrons. The van der Waals surface area contributed by atoms with Gasteiger partial charge in [-0.2, -0.15) is 13.2 Å². The van der Waals surface area contributed by atoms with Gasteiger partial charge < -0.3 is 20.1 Å². The number of carbonyl (C=O) groups excluding carboxylic acids is 1. The number of nitrogens with one attached hydrogen (secondary N) is 2. The number of nitro groups is 1. The fourth-order valence-corrected chi connectivity index (χ4v) is 2.50. The Kier molecular flexibility index (Phi) is 7.84. The molecule has 2 N–H and O–H groups in total. The number of hydrogen-bond acceptors (Lipinski definition) is 6. The molecule has 8 nitrogen and oxygen atoms in total. The van der Waals surface area contributed by atoms with E-state index in [4.69, 9.17) is 21.1 Å². The molecule has 0 atom stereocenters. The second kappa shape index (κ2) is 10.1. The van der Waals surface area contributed by atoms with Gasteiger partial charge in [-0.15, -0.1) is 0 Å². The fraction of sp³-hybridized carbons (Fsp3) is 0.278. The van der Waals surface area contributed by atoms with Crippen LogP contribution in [0.4, 0.5) is 30.2 Å². The van der Waals surface area contributed by atoms with E-state index in [1.165, 1.54) is 31.4 Å². The lowest BCUT2D eigenvalue weighted by Gasteiger charge is -2.14. The van der Waals surface area contributed by atoms with Crippen LogP contribution in [0.5, 0.6) is 5.75 Å². The number of nitrogens with zero attached hydrogens (tertiary/aromatic N) is 1. The zero-order valence-corrected chi connectivity index (χ0v) is 16.3. The number of alkyl halides is 3. The Morgan fingerprint density at radius 3 is 2.53 bits per heavy atom. The maximum atomic E-state index is 12.5. The zero-order chi connectivity index (χ0) is 22.3. The minimum atomic E-state index is -4.59. The lowest BCUT2D eigenvalue weighted by atomic mass is 10.1. The van der Waals surface area contributed by atoms with Crippen LogP contribution in [0.1, 0.15) is 10.4 Å². The Labute approximate surface area is 174 Å². The molecule has 30 heavy (non-hydrogen) atoms. The van der Waals surface area contributed by atoms with E-state index >= 15 is 0 Å². The lowest BCUT2D eigenvalue weighted by molar-refractivity contribution is -0.384. The average molecular weight is 448 g/mol. The number of anilines is 2. The van der Waals surface area contributed by atoms with Gasteiger partial charge in [0, 0.05) is 36.4 Å². The summed E-state index contributed by atoms with van der Waals surface area (Å²) in [7, 11) is 1.48. The summed E-state index contributed by atoms with van der Waals surface area (Å²) in [5.74, 6) is -1.07. The zero-order valence-electron chi connectivity index (χ0n) is 15.6. The summed E-state index contributed by atoms with van der Waals surface area (Å²) in [5.41, 5.74) is -0.299. The van der Waals surface area contributed by atoms with Gasteiger partial charge in [0.1, 0.15) is 11.4 Å². The number of nitro benzene ring substituents is 1. The van der Waals surface area contributed by atoms with Crippen molar-refractivity contribution in [3.63, 3.8) is 0 Å². The van der Waals surface area contributed by atoms with E-state index in [2.05, 4.69) is 10.6 Å². The Morgan fingerprint density at radius 2 is 1.90 bits per heavy atom. The molecule has 2 aromatic carbocycles. The van der Waals surface area contributed by atoms with Crippen LogP contribution in [-0.4, -0.2) is 43.9 Å². The standard InChI is InChI=1S/C18H17ClF3N3O5/c1-29-7-6-23-13-4-2-11(8-15(13)25(27)28)17(26)24-14-5-3-12(19)9-16(14)30-10-18(20,21)22/h2-5,8-9,23H,6-7,10H2,1H3,(H,24,26). The van der Waals surface area contributed by atoms with Crippen LogP contribution in [0, 0.1) is 10.1 Å². The first-order valence-corrected chi connectivity index (χ1v) is 8.80. The minimum absolute atomic E-state index is 0.0707. The number of benzene rings is 2. The predicted octanol–water partition coefficient (Wildman–Crippen LogP) is 4.50. The molecule has 0 heterocycles. The molecule has 0 bridgehead atoms. The van der Waals surface area contributed by atoms with Gasteiger partial charge >= 0.3 is 6.18 Å². The molecule has 0 aliphatic rings. The number of methoxy groups -OCH3 is 1. The number of rotatable bonds is 9. The van der Waals surface area contributed by atoms with Crippen LogP contribution in [0.15, 0.2) is 36.4 Å². The van der Waals surface area contributed by atoms with Gasteiger partial charge in [-0.1, -0.05) is 11.6 Å². The van der Waals surface area contributed by atoms with E-state index < -0.39 is 23.6 Å². The maximum Gasteiger partial charge on any atom is 0.422 e. The SMILES string of the molecule is COCCNc1ccc(C(=O)Nc2ccc(Cl)cc2OCC(F)(F)F)cc1[N+](=O)[O-]. The molecule has 0 saturated heterocycles. The molecule has 1 amide bonds. The summed E-state index contributed by atoms with van der Waals surface area (Å²) in [6.45, 7) is -0.951. The van der Waals surface area contributed by atoms with Crippen LogP contribution < -0.4 is 15.4 Å². The minimum Gasteiger partial charge on any atom is -0.482 e. The van der Waals surface area contributed by atoms with Gasteiger partial charge in [-0.05, 0) is 24.3 Å². The smallest absolute Gasteiger partial charge is 0.422 e. The molecule has 12 heteroatoms. The molecule has 2 aromatic rings. The topological polar surface area (TPSA) is 103 Å². The molecular formula is C18H17ClF3N3O5. The van der Waals surface area contributed by atoms with E-state index in [1.54, 1.807) is 0 Å². The Hall–Kier alpha value is -3.05. The van der Waals surface area contributed by atoms with Gasteiger partial charge in [0.15, 0.2) is 6.61 Å². The number of carbonyl (C=O) groups is 1. The third kappa shape index (κ3) is 6.78. The third-order valence-corrected chi connectivity index (χ3v) is 3.90. The van der Waals surface area contributed by atoms with Crippen LogP contribution in [0.2, 0.25) is 5.02 Å². The molecule has 162 valence electrons. The number of ether oxygens (including phenoxy) is 2. The van der Waals surface area contributed by atoms with Gasteiger partial charge in [0.25, 0.3) is 11.6 Å². The first-order chi connectivity index (χ1) is 14.1. The first-order valence-electron chi connectivity index (χ1n) is 8.42. The Balaban J connectivity index is 2.23. The van der Waals surface area contributed by atoms with Crippen molar-refractivity contribution in [1.29, 1.82) is 0 Å². The van der Waals surface area contributed by atoms with E-state index in [9.17, 15) is 28.1 Å². The van der Waals surface area contributed by atoms with E-state index in [0.717, 1.165) is 12.1 Å². The van der Waals surface area contributed by atoms with Crippen LogP contribution in [0.3, 0.4) is 0 Å². The van der Waals surface area contributed by atoms with Crippen molar-refractivity contribution in [1.82, 2.24) is 0 Å². The van der Waals surface area contributed by atoms with Crippen molar-refractivity contribution < 1.29 is 32.4 Å². The van der Waals surface area contributed by atoms with Crippen LogP contribution >= 0.6 is 11.6 Å². The highest BCUT2D eigenvalue weighted by Gasteiger charge is 2.29. The van der Waals surface area contributed by atoms with Crippen LogP contribution in [-0.2, 0) is 4.74 Å². The molecule has 0 spiro atoms. The molecule has 0 aliphatic heterocycles. The van der Waals surface area contributed by atoms with Crippen molar-refractivity contribution in [3.8, 4) is 5.75 Å². The summed E-state index contributed by atoms with van der Waals surface area (Å²) in [5, 5.41) is 16.6. The normalized spacial score (nSPS) is 11.1. The molecule has 0 unspecified atom stereocenters. The second-order valence-corrected chi connectivity index (χ2v) is 6.34. The van der Waals surface area contributed by atoms with Crippen molar-refractivity contribution in [2.45, 2.75) is 6.18 Å². The molecule has 2 rings (SSSR count). The number of halogens is 4. The molecule has 0 saturated carbocycles. The average Bonchev–Trinajstić information content (AvgIpc) is 2.67. The largest absolute Gasteiger partial charge is 0.482 e. The predicted molar refractivity (Wildman–Crippen MR) is 104 cm³/mol. The van der Waals surface area contributed by atoms with Crippen molar-refractivity contribution in [3.05, 3.63) is 57.1 Å². The van der Waals surface area contributed by atoms with Crippen molar-refractivity contribution in [2.75, 3.05) is 37.5 Å². The number of hydrogen-bond donors (Lipinski definition) is 2. The third-order valence-electron chi connectivity index (χ3n) is 3.66. The highest BCUT2D eigenvalue weighted by molar-refractivity contribution is 6.30. The fourth-order valence-electron chi connectivity index (χ4n) is 2.33. The van der Waals surface area contributed by atoms with Gasteiger partial charge in [0.2, 0.25) is 0 Å². The summed E-state index contributed by atoms with van der Waals surface area (Å²) in [6.07, 6.45) is -4.59. The highest BCUT2D eigenvalue weighted by atomic mass is 35.5. The summed E-state index contributed by atoms with van der Waals surface area (Å²) in [6, 6.07) is 7.48. The van der Waals surface area contributed by atoms with E-state index in [1.807, 2.05) is 0 Å². The van der Waals surface area contributed by atoms with E-state index in [0.29, 0.717) is 13.2 Å². The van der Waals surface area contributed by atoms with Crippen LogP contribution in [0.25, 0.3) is 0 Å².